The molecule has 0 spiro atoms. The molecule has 0 bridgehead atoms. The molecule has 0 fully saturated rings. The number of ether oxygens (including phenoxy) is 2. The van der Waals surface area contributed by atoms with Gasteiger partial charge in [0, 0.05) is 5.56 Å². The third-order valence-electron chi connectivity index (χ3n) is 4.00. The number of phenolic OH excluding ortho intramolecular Hbond substituents is 1. The van der Waals surface area contributed by atoms with Crippen molar-refractivity contribution in [2.45, 2.75) is 5.16 Å². The molecule has 28 heavy (non-hydrogen) atoms. The summed E-state index contributed by atoms with van der Waals surface area (Å²) in [5.41, 5.74) is 1.85. The van der Waals surface area contributed by atoms with E-state index >= 15 is 0 Å². The quantitative estimate of drug-likeness (QED) is 0.364. The van der Waals surface area contributed by atoms with Crippen molar-refractivity contribution >= 4 is 23.3 Å². The molecule has 0 radical (unpaired) electrons. The summed E-state index contributed by atoms with van der Waals surface area (Å²) in [7, 11) is 3.11. The SMILES string of the molecule is COc1ccc(-c2nc(SC)nc(Nc3ccccc3O)c2C#N)cc1OC. The van der Waals surface area contributed by atoms with Crippen LogP contribution in [0.3, 0.4) is 0 Å². The van der Waals surface area contributed by atoms with Gasteiger partial charge in [-0.15, -0.1) is 0 Å². The lowest BCUT2D eigenvalue weighted by Gasteiger charge is -2.14. The summed E-state index contributed by atoms with van der Waals surface area (Å²) in [6.45, 7) is 0. The fourth-order valence-electron chi connectivity index (χ4n) is 2.63. The first-order valence-electron chi connectivity index (χ1n) is 8.24. The highest BCUT2D eigenvalue weighted by atomic mass is 32.2. The van der Waals surface area contributed by atoms with Crippen molar-refractivity contribution in [2.75, 3.05) is 25.8 Å². The Morgan fingerprint density at radius 3 is 2.46 bits per heavy atom. The van der Waals surface area contributed by atoms with E-state index in [1.165, 1.54) is 11.8 Å². The molecule has 0 aliphatic carbocycles. The molecule has 0 saturated carbocycles. The van der Waals surface area contributed by atoms with Crippen molar-refractivity contribution in [1.82, 2.24) is 9.97 Å². The Hall–Kier alpha value is -3.44. The summed E-state index contributed by atoms with van der Waals surface area (Å²) in [6.07, 6.45) is 1.85. The van der Waals surface area contributed by atoms with Crippen molar-refractivity contribution in [1.29, 1.82) is 5.26 Å². The molecule has 2 aromatic carbocycles. The first-order valence-corrected chi connectivity index (χ1v) is 9.47. The Morgan fingerprint density at radius 2 is 1.82 bits per heavy atom. The molecule has 0 saturated heterocycles. The zero-order valence-corrected chi connectivity index (χ0v) is 16.4. The number of para-hydroxylation sites is 2. The molecule has 7 nitrogen and oxygen atoms in total. The van der Waals surface area contributed by atoms with Gasteiger partial charge in [0.15, 0.2) is 22.5 Å². The fraction of sp³-hybridized carbons (Fsp3) is 0.150. The van der Waals surface area contributed by atoms with E-state index in [9.17, 15) is 10.4 Å². The van der Waals surface area contributed by atoms with Gasteiger partial charge in [-0.1, -0.05) is 23.9 Å². The smallest absolute Gasteiger partial charge is 0.189 e. The van der Waals surface area contributed by atoms with Crippen LogP contribution in [0.2, 0.25) is 0 Å². The number of thioether (sulfide) groups is 1. The number of phenols is 1. The van der Waals surface area contributed by atoms with Crippen LogP contribution in [0.1, 0.15) is 5.56 Å². The standard InChI is InChI=1S/C20H18N4O3S/c1-26-16-9-8-12(10-17(16)27-2)18-13(11-21)19(24-20(23-18)28-3)22-14-6-4-5-7-15(14)25/h4-10,25H,1-3H3,(H,22,23,24). The van der Waals surface area contributed by atoms with Gasteiger partial charge in [0.2, 0.25) is 0 Å². The maximum Gasteiger partial charge on any atom is 0.189 e. The van der Waals surface area contributed by atoms with Crippen molar-refractivity contribution in [2.24, 2.45) is 0 Å². The Kier molecular flexibility index (Phi) is 5.87. The number of hydrogen-bond donors (Lipinski definition) is 2. The molecular formula is C20H18N4O3S. The molecule has 0 amide bonds. The van der Waals surface area contributed by atoms with Crippen LogP contribution in [0.25, 0.3) is 11.3 Å². The summed E-state index contributed by atoms with van der Waals surface area (Å²) in [4.78, 5) is 8.93. The minimum absolute atomic E-state index is 0.0587. The predicted octanol–water partition coefficient (Wildman–Crippen LogP) is 4.20. The Balaban J connectivity index is 2.17. The van der Waals surface area contributed by atoms with E-state index < -0.39 is 0 Å². The van der Waals surface area contributed by atoms with Gasteiger partial charge in [-0.25, -0.2) is 9.97 Å². The van der Waals surface area contributed by atoms with E-state index in [0.29, 0.717) is 39.4 Å². The highest BCUT2D eigenvalue weighted by molar-refractivity contribution is 7.98. The second kappa shape index (κ2) is 8.50. The van der Waals surface area contributed by atoms with Gasteiger partial charge in [0.1, 0.15) is 17.4 Å². The van der Waals surface area contributed by atoms with Crippen LogP contribution in [-0.2, 0) is 0 Å². The normalized spacial score (nSPS) is 10.2. The topological polar surface area (TPSA) is 100 Å². The van der Waals surface area contributed by atoms with Crippen molar-refractivity contribution in [3.63, 3.8) is 0 Å². The zero-order valence-electron chi connectivity index (χ0n) is 15.6. The van der Waals surface area contributed by atoms with E-state index in [-0.39, 0.29) is 11.3 Å². The summed E-state index contributed by atoms with van der Waals surface area (Å²) in [5.74, 6) is 1.48. The molecule has 1 heterocycles. The summed E-state index contributed by atoms with van der Waals surface area (Å²) in [6, 6.07) is 14.2. The van der Waals surface area contributed by atoms with Crippen LogP contribution in [-0.4, -0.2) is 35.5 Å². The molecule has 0 unspecified atom stereocenters. The minimum atomic E-state index is 0.0587. The molecule has 1 aromatic heterocycles. The van der Waals surface area contributed by atoms with Gasteiger partial charge in [-0.05, 0) is 36.6 Å². The maximum absolute atomic E-state index is 10.0. The largest absolute Gasteiger partial charge is 0.506 e. The Labute approximate surface area is 167 Å². The van der Waals surface area contributed by atoms with Crippen molar-refractivity contribution in [3.8, 4) is 34.6 Å². The fourth-order valence-corrected chi connectivity index (χ4v) is 2.99. The molecule has 2 N–H and O–H groups in total. The van der Waals surface area contributed by atoms with Crippen molar-refractivity contribution in [3.05, 3.63) is 48.0 Å². The molecule has 0 aliphatic rings. The molecule has 0 atom stereocenters. The van der Waals surface area contributed by atoms with Gasteiger partial charge in [-0.3, -0.25) is 0 Å². The average molecular weight is 394 g/mol. The Bertz CT molecular complexity index is 1050. The molecule has 8 heteroatoms. The number of methoxy groups -OCH3 is 2. The summed E-state index contributed by atoms with van der Waals surface area (Å²) < 4.78 is 10.6. The minimum Gasteiger partial charge on any atom is -0.506 e. The second-order valence-electron chi connectivity index (χ2n) is 5.61. The third kappa shape index (κ3) is 3.80. The number of rotatable bonds is 6. The number of aromatic hydroxyl groups is 1. The van der Waals surface area contributed by atoms with Gasteiger partial charge < -0.3 is 19.9 Å². The second-order valence-corrected chi connectivity index (χ2v) is 6.38. The number of hydrogen-bond acceptors (Lipinski definition) is 8. The molecule has 0 aliphatic heterocycles. The number of nitrogens with zero attached hydrogens (tertiary/aromatic N) is 3. The van der Waals surface area contributed by atoms with E-state index in [0.717, 1.165) is 0 Å². The van der Waals surface area contributed by atoms with Crippen LogP contribution >= 0.6 is 11.8 Å². The lowest BCUT2D eigenvalue weighted by molar-refractivity contribution is 0.355. The number of aromatic nitrogens is 2. The third-order valence-corrected chi connectivity index (χ3v) is 4.54. The molecule has 142 valence electrons. The maximum atomic E-state index is 10.0. The van der Waals surface area contributed by atoms with Crippen LogP contribution in [0.4, 0.5) is 11.5 Å². The number of anilines is 2. The highest BCUT2D eigenvalue weighted by Gasteiger charge is 2.18. The first-order chi connectivity index (χ1) is 13.6. The van der Waals surface area contributed by atoms with Gasteiger partial charge >= 0.3 is 0 Å². The number of nitriles is 1. The van der Waals surface area contributed by atoms with Crippen LogP contribution in [0.15, 0.2) is 47.6 Å². The lowest BCUT2D eigenvalue weighted by Crippen LogP contribution is -2.03. The summed E-state index contributed by atoms with van der Waals surface area (Å²) >= 11 is 1.35. The Morgan fingerprint density at radius 1 is 1.07 bits per heavy atom. The molecular weight excluding hydrogens is 376 g/mol. The lowest BCUT2D eigenvalue weighted by atomic mass is 10.1. The van der Waals surface area contributed by atoms with E-state index in [2.05, 4.69) is 21.4 Å². The van der Waals surface area contributed by atoms with E-state index in [1.807, 2.05) is 6.26 Å². The van der Waals surface area contributed by atoms with E-state index in [1.54, 1.807) is 56.7 Å². The summed E-state index contributed by atoms with van der Waals surface area (Å²) in [5, 5.41) is 23.4. The predicted molar refractivity (Wildman–Crippen MR) is 108 cm³/mol. The molecule has 3 rings (SSSR count). The van der Waals surface area contributed by atoms with Crippen LogP contribution < -0.4 is 14.8 Å². The first kappa shape index (κ1) is 19.3. The van der Waals surface area contributed by atoms with Gasteiger partial charge in [-0.2, -0.15) is 5.26 Å². The van der Waals surface area contributed by atoms with Crippen molar-refractivity contribution < 1.29 is 14.6 Å². The van der Waals surface area contributed by atoms with Crippen LogP contribution in [0.5, 0.6) is 17.2 Å². The average Bonchev–Trinajstić information content (AvgIpc) is 2.74. The number of nitrogens with one attached hydrogen (secondary N) is 1. The monoisotopic (exact) mass is 394 g/mol. The zero-order chi connectivity index (χ0) is 20.1. The molecule has 3 aromatic rings. The van der Waals surface area contributed by atoms with E-state index in [4.69, 9.17) is 9.47 Å². The van der Waals surface area contributed by atoms with Gasteiger partial charge in [0.25, 0.3) is 0 Å². The number of benzene rings is 2. The van der Waals surface area contributed by atoms with Crippen LogP contribution in [0, 0.1) is 11.3 Å². The highest BCUT2D eigenvalue weighted by Crippen LogP contribution is 2.36. The van der Waals surface area contributed by atoms with Gasteiger partial charge in [0.05, 0.1) is 25.6 Å².